The molecule has 1 heterocycles. The summed E-state index contributed by atoms with van der Waals surface area (Å²) in [6, 6.07) is 4.20. The first kappa shape index (κ1) is 14.6. The van der Waals surface area contributed by atoms with Gasteiger partial charge in [0.1, 0.15) is 10.6 Å². The van der Waals surface area contributed by atoms with Crippen LogP contribution in [-0.4, -0.2) is 34.0 Å². The Hall–Kier alpha value is -1.80. The van der Waals surface area contributed by atoms with Crippen molar-refractivity contribution in [1.29, 1.82) is 0 Å². The summed E-state index contributed by atoms with van der Waals surface area (Å²) in [4.78, 5) is 11.1. The highest BCUT2D eigenvalue weighted by molar-refractivity contribution is 7.89. The van der Waals surface area contributed by atoms with Crippen molar-refractivity contribution in [2.45, 2.75) is 23.8 Å². The highest BCUT2D eigenvalue weighted by atomic mass is 32.2. The van der Waals surface area contributed by atoms with Gasteiger partial charge < -0.3 is 15.8 Å². The van der Waals surface area contributed by atoms with Gasteiger partial charge in [0.25, 0.3) is 0 Å². The van der Waals surface area contributed by atoms with Crippen molar-refractivity contribution in [3.63, 3.8) is 0 Å². The molecule has 110 valence electrons. The lowest BCUT2D eigenvalue weighted by Gasteiger charge is -2.13. The average Bonchev–Trinajstić information content (AvgIpc) is 2.82. The molecule has 1 saturated heterocycles. The molecule has 0 aromatic heterocycles. The Morgan fingerprint density at radius 2 is 2.25 bits per heavy atom. The van der Waals surface area contributed by atoms with Crippen molar-refractivity contribution >= 4 is 21.6 Å². The van der Waals surface area contributed by atoms with Crippen molar-refractivity contribution in [3.05, 3.63) is 18.2 Å². The highest BCUT2D eigenvalue weighted by Crippen LogP contribution is 2.23. The van der Waals surface area contributed by atoms with Crippen molar-refractivity contribution in [3.8, 4) is 5.75 Å². The summed E-state index contributed by atoms with van der Waals surface area (Å²) < 4.78 is 31.7. The smallest absolute Gasteiger partial charge is 0.242 e. The number of nitrogens with two attached hydrogens (primary N) is 1. The fourth-order valence-electron chi connectivity index (χ4n) is 2.02. The van der Waals surface area contributed by atoms with Crippen LogP contribution < -0.4 is 20.5 Å². The van der Waals surface area contributed by atoms with E-state index in [-0.39, 0.29) is 29.1 Å². The van der Waals surface area contributed by atoms with E-state index in [1.54, 1.807) is 0 Å². The van der Waals surface area contributed by atoms with Gasteiger partial charge >= 0.3 is 0 Å². The topological polar surface area (TPSA) is 111 Å². The number of ether oxygens (including phenoxy) is 1. The molecule has 4 N–H and O–H groups in total. The molecule has 0 aliphatic carbocycles. The summed E-state index contributed by atoms with van der Waals surface area (Å²) in [6.45, 7) is 0.152. The first-order chi connectivity index (χ1) is 9.42. The molecule has 1 aliphatic heterocycles. The number of benzene rings is 1. The van der Waals surface area contributed by atoms with Gasteiger partial charge in [0.05, 0.1) is 12.8 Å². The number of anilines is 1. The van der Waals surface area contributed by atoms with Crippen LogP contribution in [0.1, 0.15) is 12.8 Å². The number of hydrogen-bond acceptors (Lipinski definition) is 5. The van der Waals surface area contributed by atoms with Crippen LogP contribution in [0.2, 0.25) is 0 Å². The zero-order chi connectivity index (χ0) is 14.8. The fraction of sp³-hybridized carbons (Fsp3) is 0.417. The van der Waals surface area contributed by atoms with Crippen LogP contribution >= 0.6 is 0 Å². The summed E-state index contributed by atoms with van der Waals surface area (Å²) in [5, 5.41) is 2.69. The lowest BCUT2D eigenvalue weighted by molar-refractivity contribution is -0.119. The predicted molar refractivity (Wildman–Crippen MR) is 73.8 cm³/mol. The molecule has 1 amide bonds. The number of sulfonamides is 1. The summed E-state index contributed by atoms with van der Waals surface area (Å²) in [6.07, 6.45) is 1.05. The van der Waals surface area contributed by atoms with Gasteiger partial charge in [0.2, 0.25) is 15.9 Å². The van der Waals surface area contributed by atoms with Crippen LogP contribution in [0.3, 0.4) is 0 Å². The standard InChI is InChI=1S/C12H17N3O4S/c1-19-9-3-4-11(10(13)6-9)20(17,18)14-7-8-2-5-12(16)15-8/h3-4,6,8,14H,2,5,7,13H2,1H3,(H,15,16). The molecule has 0 bridgehead atoms. The van der Waals surface area contributed by atoms with Crippen molar-refractivity contribution in [1.82, 2.24) is 10.0 Å². The lowest BCUT2D eigenvalue weighted by Crippen LogP contribution is -2.38. The third-order valence-electron chi connectivity index (χ3n) is 3.11. The van der Waals surface area contributed by atoms with E-state index in [1.165, 1.54) is 25.3 Å². The minimum absolute atomic E-state index is 0.00243. The third kappa shape index (κ3) is 3.20. The van der Waals surface area contributed by atoms with Crippen LogP contribution in [0.4, 0.5) is 5.69 Å². The largest absolute Gasteiger partial charge is 0.497 e. The van der Waals surface area contributed by atoms with Crippen LogP contribution in [-0.2, 0) is 14.8 Å². The molecule has 0 spiro atoms. The van der Waals surface area contributed by atoms with E-state index >= 15 is 0 Å². The summed E-state index contributed by atoms with van der Waals surface area (Å²) in [5.74, 6) is 0.433. The Morgan fingerprint density at radius 3 is 2.80 bits per heavy atom. The second kappa shape index (κ2) is 5.68. The summed E-state index contributed by atoms with van der Waals surface area (Å²) >= 11 is 0. The van der Waals surface area contributed by atoms with E-state index in [4.69, 9.17) is 10.5 Å². The molecule has 1 aromatic carbocycles. The number of nitrogen functional groups attached to an aromatic ring is 1. The van der Waals surface area contributed by atoms with Gasteiger partial charge in [-0.25, -0.2) is 13.1 Å². The summed E-state index contributed by atoms with van der Waals surface area (Å²) in [5.41, 5.74) is 5.84. The van der Waals surface area contributed by atoms with Crippen LogP contribution in [0.25, 0.3) is 0 Å². The van der Waals surface area contributed by atoms with Crippen molar-refractivity contribution < 1.29 is 17.9 Å². The van der Waals surface area contributed by atoms with Crippen LogP contribution in [0.5, 0.6) is 5.75 Å². The van der Waals surface area contributed by atoms with E-state index in [9.17, 15) is 13.2 Å². The van der Waals surface area contributed by atoms with E-state index in [0.717, 1.165) is 0 Å². The molecule has 0 saturated carbocycles. The molecule has 1 atom stereocenters. The third-order valence-corrected chi connectivity index (χ3v) is 4.61. The minimum Gasteiger partial charge on any atom is -0.497 e. The Labute approximate surface area is 117 Å². The summed E-state index contributed by atoms with van der Waals surface area (Å²) in [7, 11) is -2.23. The van der Waals surface area contributed by atoms with E-state index in [0.29, 0.717) is 18.6 Å². The second-order valence-corrected chi connectivity index (χ2v) is 6.29. The molecule has 1 aliphatic rings. The lowest BCUT2D eigenvalue weighted by atomic mass is 10.2. The SMILES string of the molecule is COc1ccc(S(=O)(=O)NCC2CCC(=O)N2)c(N)c1. The first-order valence-electron chi connectivity index (χ1n) is 6.15. The van der Waals surface area contributed by atoms with E-state index in [2.05, 4.69) is 10.0 Å². The number of nitrogens with one attached hydrogen (secondary N) is 2. The van der Waals surface area contributed by atoms with Crippen LogP contribution in [0, 0.1) is 0 Å². The van der Waals surface area contributed by atoms with Crippen molar-refractivity contribution in [2.75, 3.05) is 19.4 Å². The second-order valence-electron chi connectivity index (χ2n) is 4.56. The van der Waals surface area contributed by atoms with Gasteiger partial charge in [0.15, 0.2) is 0 Å². The molecular formula is C12H17N3O4S. The molecule has 0 radical (unpaired) electrons. The number of rotatable bonds is 5. The van der Waals surface area contributed by atoms with Gasteiger partial charge in [-0.15, -0.1) is 0 Å². The monoisotopic (exact) mass is 299 g/mol. The maximum absolute atomic E-state index is 12.1. The molecule has 1 aromatic rings. The fourth-order valence-corrected chi connectivity index (χ4v) is 3.21. The number of methoxy groups -OCH3 is 1. The van der Waals surface area contributed by atoms with Gasteiger partial charge in [0, 0.05) is 25.1 Å². The number of hydrogen-bond donors (Lipinski definition) is 3. The Balaban J connectivity index is 2.08. The molecule has 7 nitrogen and oxygen atoms in total. The predicted octanol–water partition coefficient (Wildman–Crippen LogP) is -0.166. The van der Waals surface area contributed by atoms with Gasteiger partial charge in [-0.3, -0.25) is 4.79 Å². The average molecular weight is 299 g/mol. The molecule has 20 heavy (non-hydrogen) atoms. The van der Waals surface area contributed by atoms with E-state index < -0.39 is 10.0 Å². The maximum atomic E-state index is 12.1. The minimum atomic E-state index is -3.70. The number of carbonyl (C=O) groups is 1. The van der Waals surface area contributed by atoms with Crippen LogP contribution in [0.15, 0.2) is 23.1 Å². The van der Waals surface area contributed by atoms with E-state index in [1.807, 2.05) is 0 Å². The van der Waals surface area contributed by atoms with Gasteiger partial charge in [-0.2, -0.15) is 0 Å². The number of amides is 1. The Morgan fingerprint density at radius 1 is 1.50 bits per heavy atom. The molecule has 8 heteroatoms. The zero-order valence-electron chi connectivity index (χ0n) is 11.0. The Bertz CT molecular complexity index is 615. The zero-order valence-corrected chi connectivity index (χ0v) is 11.9. The first-order valence-corrected chi connectivity index (χ1v) is 7.63. The molecular weight excluding hydrogens is 282 g/mol. The molecule has 2 rings (SSSR count). The normalized spacial score (nSPS) is 18.9. The van der Waals surface area contributed by atoms with Gasteiger partial charge in [-0.05, 0) is 18.6 Å². The van der Waals surface area contributed by atoms with Crippen molar-refractivity contribution in [2.24, 2.45) is 0 Å². The van der Waals surface area contributed by atoms with Gasteiger partial charge in [-0.1, -0.05) is 0 Å². The Kier molecular flexibility index (Phi) is 4.15. The highest BCUT2D eigenvalue weighted by Gasteiger charge is 2.24. The molecule has 1 fully saturated rings. The maximum Gasteiger partial charge on any atom is 0.242 e. The number of carbonyl (C=O) groups excluding carboxylic acids is 1. The quantitative estimate of drug-likeness (QED) is 0.654. The molecule has 1 unspecified atom stereocenters.